The molecule has 2 rings (SSSR count). The van der Waals surface area contributed by atoms with E-state index in [-0.39, 0.29) is 23.3 Å². The van der Waals surface area contributed by atoms with Crippen LogP contribution in [0.25, 0.3) is 0 Å². The van der Waals surface area contributed by atoms with Crippen molar-refractivity contribution >= 4 is 22.4 Å². The Kier molecular flexibility index (Phi) is 7.12. The molecule has 1 saturated heterocycles. The fourth-order valence-corrected chi connectivity index (χ4v) is 4.27. The van der Waals surface area contributed by atoms with Gasteiger partial charge in [0.25, 0.3) is 0 Å². The van der Waals surface area contributed by atoms with Crippen molar-refractivity contribution in [2.24, 2.45) is 5.92 Å². The Morgan fingerprint density at radius 1 is 1.41 bits per heavy atom. The molecule has 1 aromatic carbocycles. The summed E-state index contributed by atoms with van der Waals surface area (Å²) in [6.07, 6.45) is 2.13. The lowest BCUT2D eigenvalue weighted by Gasteiger charge is -2.29. The molecule has 22 heavy (non-hydrogen) atoms. The molecule has 0 aliphatic carbocycles. The quantitative estimate of drug-likeness (QED) is 0.855. The van der Waals surface area contributed by atoms with Gasteiger partial charge in [0, 0.05) is 6.04 Å². The predicted octanol–water partition coefficient (Wildman–Crippen LogP) is 2.09. The first kappa shape index (κ1) is 19.2. The number of ether oxygens (including phenoxy) is 1. The van der Waals surface area contributed by atoms with Crippen molar-refractivity contribution in [2.75, 3.05) is 20.2 Å². The Labute approximate surface area is 139 Å². The third-order valence-corrected chi connectivity index (χ3v) is 5.57. The van der Waals surface area contributed by atoms with Crippen LogP contribution in [-0.4, -0.2) is 34.7 Å². The van der Waals surface area contributed by atoms with E-state index in [1.54, 1.807) is 12.1 Å². The number of benzene rings is 1. The highest BCUT2D eigenvalue weighted by Crippen LogP contribution is 2.25. The van der Waals surface area contributed by atoms with Crippen LogP contribution in [0.1, 0.15) is 25.3 Å². The smallest absolute Gasteiger partial charge is 0.244 e. The highest BCUT2D eigenvalue weighted by molar-refractivity contribution is 7.89. The number of nitrogens with one attached hydrogen (secondary N) is 2. The Balaban J connectivity index is 0.00000242. The van der Waals surface area contributed by atoms with Crippen molar-refractivity contribution in [3.63, 3.8) is 0 Å². The Morgan fingerprint density at radius 3 is 2.73 bits per heavy atom. The van der Waals surface area contributed by atoms with E-state index < -0.39 is 10.0 Å². The minimum atomic E-state index is -3.58. The summed E-state index contributed by atoms with van der Waals surface area (Å²) in [5.41, 5.74) is 0.892. The Morgan fingerprint density at radius 2 is 2.14 bits per heavy atom. The number of aryl methyl sites for hydroxylation is 1. The van der Waals surface area contributed by atoms with Gasteiger partial charge in [-0.25, -0.2) is 13.1 Å². The van der Waals surface area contributed by atoms with Gasteiger partial charge in [0.1, 0.15) is 10.6 Å². The standard InChI is InChI=1S/C15H24N2O3S.ClH/c1-11-6-7-14(20-3)15(9-11)21(18,19)17-12(2)13-5-4-8-16-10-13;/h6-7,9,12-13,16-17H,4-5,8,10H2,1-3H3;1H. The van der Waals surface area contributed by atoms with Gasteiger partial charge in [-0.1, -0.05) is 6.07 Å². The van der Waals surface area contributed by atoms with E-state index in [9.17, 15) is 8.42 Å². The van der Waals surface area contributed by atoms with Gasteiger partial charge in [-0.2, -0.15) is 0 Å². The third kappa shape index (κ3) is 4.59. The van der Waals surface area contributed by atoms with Crippen molar-refractivity contribution in [3.05, 3.63) is 23.8 Å². The molecule has 0 amide bonds. The van der Waals surface area contributed by atoms with Gasteiger partial charge in [0.2, 0.25) is 10.0 Å². The molecule has 1 aromatic rings. The molecule has 2 unspecified atom stereocenters. The van der Waals surface area contributed by atoms with Crippen LogP contribution in [0, 0.1) is 12.8 Å². The first-order chi connectivity index (χ1) is 9.94. The number of rotatable bonds is 5. The summed E-state index contributed by atoms with van der Waals surface area (Å²) in [4.78, 5) is 0.209. The topological polar surface area (TPSA) is 67.4 Å². The molecule has 126 valence electrons. The van der Waals surface area contributed by atoms with Crippen LogP contribution < -0.4 is 14.8 Å². The lowest BCUT2D eigenvalue weighted by Crippen LogP contribution is -2.44. The second-order valence-corrected chi connectivity index (χ2v) is 7.35. The van der Waals surface area contributed by atoms with Gasteiger partial charge in [0.05, 0.1) is 7.11 Å². The maximum Gasteiger partial charge on any atom is 0.244 e. The lowest BCUT2D eigenvalue weighted by molar-refractivity contribution is 0.320. The van der Waals surface area contributed by atoms with E-state index in [0.29, 0.717) is 11.7 Å². The highest BCUT2D eigenvalue weighted by Gasteiger charge is 2.27. The molecule has 1 aliphatic rings. The van der Waals surface area contributed by atoms with Crippen LogP contribution in [0.15, 0.2) is 23.1 Å². The number of halogens is 1. The molecule has 2 atom stereocenters. The molecule has 0 aromatic heterocycles. The van der Waals surface area contributed by atoms with E-state index in [1.165, 1.54) is 7.11 Å². The molecule has 0 saturated carbocycles. The zero-order valence-electron chi connectivity index (χ0n) is 13.3. The summed E-state index contributed by atoms with van der Waals surface area (Å²) in [5.74, 6) is 0.700. The average molecular weight is 349 g/mol. The zero-order valence-corrected chi connectivity index (χ0v) is 14.9. The summed E-state index contributed by atoms with van der Waals surface area (Å²) < 4.78 is 33.2. The molecular weight excluding hydrogens is 324 g/mol. The monoisotopic (exact) mass is 348 g/mol. The second kappa shape index (κ2) is 8.15. The molecule has 7 heteroatoms. The molecule has 5 nitrogen and oxygen atoms in total. The van der Waals surface area contributed by atoms with E-state index in [1.807, 2.05) is 19.9 Å². The number of hydrogen-bond acceptors (Lipinski definition) is 4. The van der Waals surface area contributed by atoms with Crippen molar-refractivity contribution in [1.82, 2.24) is 10.0 Å². The first-order valence-corrected chi connectivity index (χ1v) is 8.80. The van der Waals surface area contributed by atoms with E-state index in [4.69, 9.17) is 4.74 Å². The molecule has 1 fully saturated rings. The van der Waals surface area contributed by atoms with Crippen LogP contribution in [0.4, 0.5) is 0 Å². The highest BCUT2D eigenvalue weighted by atomic mass is 35.5. The molecule has 0 bridgehead atoms. The van der Waals surface area contributed by atoms with Crippen molar-refractivity contribution < 1.29 is 13.2 Å². The number of sulfonamides is 1. The van der Waals surface area contributed by atoms with Gasteiger partial charge < -0.3 is 10.1 Å². The van der Waals surface area contributed by atoms with Crippen molar-refractivity contribution in [2.45, 2.75) is 37.6 Å². The summed E-state index contributed by atoms with van der Waals surface area (Å²) in [7, 11) is -2.09. The van der Waals surface area contributed by atoms with Gasteiger partial charge in [-0.3, -0.25) is 0 Å². The average Bonchev–Trinajstić information content (AvgIpc) is 2.47. The molecule has 0 spiro atoms. The van der Waals surface area contributed by atoms with Crippen molar-refractivity contribution in [1.29, 1.82) is 0 Å². The number of piperidine rings is 1. The molecule has 0 radical (unpaired) electrons. The maximum atomic E-state index is 12.6. The van der Waals surface area contributed by atoms with Crippen LogP contribution >= 0.6 is 12.4 Å². The number of methoxy groups -OCH3 is 1. The van der Waals surface area contributed by atoms with Gasteiger partial charge >= 0.3 is 0 Å². The summed E-state index contributed by atoms with van der Waals surface area (Å²) in [6, 6.07) is 5.07. The molecular formula is C15H25ClN2O3S. The lowest BCUT2D eigenvalue weighted by atomic mass is 9.94. The zero-order chi connectivity index (χ0) is 15.5. The van der Waals surface area contributed by atoms with E-state index in [2.05, 4.69) is 10.0 Å². The summed E-state index contributed by atoms with van der Waals surface area (Å²) in [5, 5.41) is 3.31. The molecule has 1 aliphatic heterocycles. The van der Waals surface area contributed by atoms with Crippen LogP contribution in [0.3, 0.4) is 0 Å². The Hall–Kier alpha value is -0.820. The second-order valence-electron chi connectivity index (χ2n) is 5.67. The first-order valence-electron chi connectivity index (χ1n) is 7.31. The van der Waals surface area contributed by atoms with Crippen LogP contribution in [-0.2, 0) is 10.0 Å². The SMILES string of the molecule is COc1ccc(C)cc1S(=O)(=O)NC(C)C1CCCNC1.Cl. The van der Waals surface area contributed by atoms with Gasteiger partial charge in [0.15, 0.2) is 0 Å². The van der Waals surface area contributed by atoms with E-state index >= 15 is 0 Å². The summed E-state index contributed by atoms with van der Waals surface area (Å²) in [6.45, 7) is 5.67. The molecule has 2 N–H and O–H groups in total. The fourth-order valence-electron chi connectivity index (χ4n) is 2.70. The fraction of sp³-hybridized carbons (Fsp3) is 0.600. The predicted molar refractivity (Wildman–Crippen MR) is 90.4 cm³/mol. The normalized spacial score (nSPS) is 20.0. The minimum absolute atomic E-state index is 0. The van der Waals surface area contributed by atoms with Gasteiger partial charge in [-0.05, 0) is 63.4 Å². The summed E-state index contributed by atoms with van der Waals surface area (Å²) >= 11 is 0. The Bertz CT molecular complexity index is 586. The van der Waals surface area contributed by atoms with E-state index in [0.717, 1.165) is 31.5 Å². The largest absolute Gasteiger partial charge is 0.495 e. The van der Waals surface area contributed by atoms with Gasteiger partial charge in [-0.15, -0.1) is 12.4 Å². The molecule has 1 heterocycles. The van der Waals surface area contributed by atoms with Crippen molar-refractivity contribution in [3.8, 4) is 5.75 Å². The van der Waals surface area contributed by atoms with Crippen LogP contribution in [0.2, 0.25) is 0 Å². The third-order valence-electron chi connectivity index (χ3n) is 3.99. The minimum Gasteiger partial charge on any atom is -0.495 e. The number of hydrogen-bond donors (Lipinski definition) is 2. The maximum absolute atomic E-state index is 12.6. The van der Waals surface area contributed by atoms with Crippen LogP contribution in [0.5, 0.6) is 5.75 Å².